The van der Waals surface area contributed by atoms with E-state index >= 15 is 0 Å². The number of nitrogens with zero attached hydrogens (tertiary/aromatic N) is 2. The first-order chi connectivity index (χ1) is 10.0. The van der Waals surface area contributed by atoms with E-state index < -0.39 is 5.97 Å². The van der Waals surface area contributed by atoms with Gasteiger partial charge in [0.05, 0.1) is 5.69 Å². The Kier molecular flexibility index (Phi) is 4.70. The first kappa shape index (κ1) is 15.2. The van der Waals surface area contributed by atoms with Gasteiger partial charge in [0, 0.05) is 13.5 Å². The molecular weight excluding hydrogens is 288 g/mol. The molecular formula is C15H16N2O3S. The Morgan fingerprint density at radius 2 is 1.95 bits per heavy atom. The molecule has 0 bridgehead atoms. The molecule has 0 unspecified atom stereocenters. The zero-order valence-corrected chi connectivity index (χ0v) is 12.7. The Bertz CT molecular complexity index is 652. The van der Waals surface area contributed by atoms with Crippen molar-refractivity contribution in [1.82, 2.24) is 4.37 Å². The first-order valence-corrected chi connectivity index (χ1v) is 7.28. The van der Waals surface area contributed by atoms with Gasteiger partial charge in [0.2, 0.25) is 5.91 Å². The van der Waals surface area contributed by atoms with E-state index in [1.165, 1.54) is 4.90 Å². The van der Waals surface area contributed by atoms with Crippen LogP contribution in [0.15, 0.2) is 30.3 Å². The minimum absolute atomic E-state index is 0.107. The summed E-state index contributed by atoms with van der Waals surface area (Å²) in [6.07, 6.45) is 0.959. The molecule has 1 heterocycles. The summed E-state index contributed by atoms with van der Waals surface area (Å²) in [6.45, 7) is 1.63. The van der Waals surface area contributed by atoms with Crippen LogP contribution in [0.1, 0.15) is 28.0 Å². The van der Waals surface area contributed by atoms with Gasteiger partial charge in [-0.15, -0.1) is 0 Å². The fourth-order valence-corrected chi connectivity index (χ4v) is 2.88. The predicted octanol–water partition coefficient (Wildman–Crippen LogP) is 2.75. The van der Waals surface area contributed by atoms with E-state index in [0.29, 0.717) is 23.5 Å². The molecule has 5 nitrogen and oxygen atoms in total. The van der Waals surface area contributed by atoms with Crippen LogP contribution in [0.25, 0.3) is 0 Å². The molecule has 0 aliphatic rings. The summed E-state index contributed by atoms with van der Waals surface area (Å²) in [5.41, 5.74) is 1.62. The molecule has 2 rings (SSSR count). The number of aromatic carboxylic acids is 1. The molecule has 0 atom stereocenters. The smallest absolute Gasteiger partial charge is 0.340 e. The number of hydrogen-bond donors (Lipinski definition) is 1. The molecule has 1 N–H and O–H groups in total. The Morgan fingerprint density at radius 3 is 2.57 bits per heavy atom. The van der Waals surface area contributed by atoms with Gasteiger partial charge >= 0.3 is 5.97 Å². The highest BCUT2D eigenvalue weighted by molar-refractivity contribution is 7.11. The number of aryl methyl sites for hydroxylation is 2. The minimum atomic E-state index is -1.06. The number of amides is 1. The molecule has 0 saturated carbocycles. The summed E-state index contributed by atoms with van der Waals surface area (Å²) in [5, 5.41) is 9.59. The highest BCUT2D eigenvalue weighted by atomic mass is 32.1. The third-order valence-electron chi connectivity index (χ3n) is 3.21. The Morgan fingerprint density at radius 1 is 1.29 bits per heavy atom. The molecule has 1 aromatic carbocycles. The number of anilines is 1. The number of carbonyl (C=O) groups is 2. The third-order valence-corrected chi connectivity index (χ3v) is 4.22. The van der Waals surface area contributed by atoms with E-state index in [-0.39, 0.29) is 11.5 Å². The van der Waals surface area contributed by atoms with Crippen LogP contribution in [-0.2, 0) is 11.2 Å². The predicted molar refractivity (Wildman–Crippen MR) is 82.0 cm³/mol. The largest absolute Gasteiger partial charge is 0.478 e. The van der Waals surface area contributed by atoms with E-state index in [4.69, 9.17) is 0 Å². The molecule has 1 aromatic heterocycles. The van der Waals surface area contributed by atoms with Crippen molar-refractivity contribution in [2.45, 2.75) is 19.8 Å². The lowest BCUT2D eigenvalue weighted by Crippen LogP contribution is -2.27. The number of carboxylic acid groups (broad SMARTS) is 1. The van der Waals surface area contributed by atoms with Crippen LogP contribution in [0.3, 0.4) is 0 Å². The summed E-state index contributed by atoms with van der Waals surface area (Å²) in [6, 6.07) is 9.72. The van der Waals surface area contributed by atoms with Crippen LogP contribution >= 0.6 is 11.5 Å². The molecule has 110 valence electrons. The standard InChI is InChI=1S/C15H16N2O3S/c1-10-13(15(19)20)14(21-16-10)17(2)12(18)9-8-11-6-4-3-5-7-11/h3-7H,8-9H2,1-2H3,(H,19,20). The molecule has 0 spiro atoms. The Labute approximate surface area is 127 Å². The molecule has 1 amide bonds. The van der Waals surface area contributed by atoms with Gasteiger partial charge in [-0.05, 0) is 30.4 Å². The van der Waals surface area contributed by atoms with Gasteiger partial charge in [-0.1, -0.05) is 30.3 Å². The highest BCUT2D eigenvalue weighted by Gasteiger charge is 2.23. The molecule has 6 heteroatoms. The van der Waals surface area contributed by atoms with Crippen molar-refractivity contribution in [3.8, 4) is 0 Å². The van der Waals surface area contributed by atoms with Crippen molar-refractivity contribution >= 4 is 28.4 Å². The zero-order chi connectivity index (χ0) is 15.4. The molecule has 0 fully saturated rings. The van der Waals surface area contributed by atoms with Gasteiger partial charge in [0.25, 0.3) is 0 Å². The molecule has 0 aliphatic heterocycles. The number of carboxylic acids is 1. The number of aromatic nitrogens is 1. The molecule has 21 heavy (non-hydrogen) atoms. The third kappa shape index (κ3) is 3.46. The lowest BCUT2D eigenvalue weighted by Gasteiger charge is -2.15. The van der Waals surface area contributed by atoms with Crippen molar-refractivity contribution in [1.29, 1.82) is 0 Å². The van der Waals surface area contributed by atoms with Gasteiger partial charge in [-0.2, -0.15) is 4.37 Å². The second-order valence-electron chi connectivity index (χ2n) is 4.69. The quantitative estimate of drug-likeness (QED) is 0.922. The summed E-state index contributed by atoms with van der Waals surface area (Å²) in [4.78, 5) is 24.8. The fraction of sp³-hybridized carbons (Fsp3) is 0.267. The average Bonchev–Trinajstić information content (AvgIpc) is 2.87. The number of benzene rings is 1. The molecule has 0 radical (unpaired) electrons. The Balaban J connectivity index is 2.08. The van der Waals surface area contributed by atoms with Crippen molar-refractivity contribution in [2.24, 2.45) is 0 Å². The van der Waals surface area contributed by atoms with Crippen molar-refractivity contribution in [3.05, 3.63) is 47.2 Å². The van der Waals surface area contributed by atoms with E-state index in [2.05, 4.69) is 4.37 Å². The van der Waals surface area contributed by atoms with Gasteiger partial charge in [-0.25, -0.2) is 4.79 Å². The van der Waals surface area contributed by atoms with Crippen LogP contribution in [0, 0.1) is 6.92 Å². The SMILES string of the molecule is Cc1nsc(N(C)C(=O)CCc2ccccc2)c1C(=O)O. The summed E-state index contributed by atoms with van der Waals surface area (Å²) in [5.74, 6) is -1.18. The van der Waals surface area contributed by atoms with E-state index in [0.717, 1.165) is 17.1 Å². The molecule has 0 aliphatic carbocycles. The van der Waals surface area contributed by atoms with Crippen LogP contribution < -0.4 is 4.90 Å². The maximum atomic E-state index is 12.2. The number of carbonyl (C=O) groups excluding carboxylic acids is 1. The van der Waals surface area contributed by atoms with Crippen molar-refractivity contribution in [3.63, 3.8) is 0 Å². The highest BCUT2D eigenvalue weighted by Crippen LogP contribution is 2.28. The van der Waals surface area contributed by atoms with Crippen LogP contribution in [0.4, 0.5) is 5.00 Å². The minimum Gasteiger partial charge on any atom is -0.478 e. The topological polar surface area (TPSA) is 70.5 Å². The van der Waals surface area contributed by atoms with Gasteiger partial charge < -0.3 is 10.0 Å². The monoisotopic (exact) mass is 304 g/mol. The maximum absolute atomic E-state index is 12.2. The van der Waals surface area contributed by atoms with E-state index in [9.17, 15) is 14.7 Å². The van der Waals surface area contributed by atoms with Crippen LogP contribution in [0.2, 0.25) is 0 Å². The lowest BCUT2D eigenvalue weighted by atomic mass is 10.1. The Hall–Kier alpha value is -2.21. The second kappa shape index (κ2) is 6.49. The summed E-state index contributed by atoms with van der Waals surface area (Å²) < 4.78 is 4.03. The van der Waals surface area contributed by atoms with Crippen LogP contribution in [-0.4, -0.2) is 28.4 Å². The first-order valence-electron chi connectivity index (χ1n) is 6.50. The van der Waals surface area contributed by atoms with Crippen molar-refractivity contribution in [2.75, 3.05) is 11.9 Å². The summed E-state index contributed by atoms with van der Waals surface area (Å²) in [7, 11) is 1.59. The normalized spacial score (nSPS) is 10.4. The second-order valence-corrected chi connectivity index (χ2v) is 5.44. The maximum Gasteiger partial charge on any atom is 0.340 e. The average molecular weight is 304 g/mol. The number of hydrogen-bond acceptors (Lipinski definition) is 4. The van der Waals surface area contributed by atoms with E-state index in [1.807, 2.05) is 30.3 Å². The number of rotatable bonds is 5. The van der Waals surface area contributed by atoms with Crippen molar-refractivity contribution < 1.29 is 14.7 Å². The molecule has 0 saturated heterocycles. The summed E-state index contributed by atoms with van der Waals surface area (Å²) >= 11 is 1.04. The lowest BCUT2D eigenvalue weighted by molar-refractivity contribution is -0.118. The zero-order valence-electron chi connectivity index (χ0n) is 11.9. The fourth-order valence-electron chi connectivity index (χ4n) is 2.01. The van der Waals surface area contributed by atoms with Crippen LogP contribution in [0.5, 0.6) is 0 Å². The van der Waals surface area contributed by atoms with Gasteiger partial charge in [-0.3, -0.25) is 4.79 Å². The van der Waals surface area contributed by atoms with E-state index in [1.54, 1.807) is 14.0 Å². The van der Waals surface area contributed by atoms with Gasteiger partial charge in [0.15, 0.2) is 0 Å². The van der Waals surface area contributed by atoms with Gasteiger partial charge in [0.1, 0.15) is 10.6 Å². The molecule has 2 aromatic rings.